The fourth-order valence-corrected chi connectivity index (χ4v) is 8.32. The largest absolute Gasteiger partial charge is 0.443 e. The summed E-state index contributed by atoms with van der Waals surface area (Å²) in [7, 11) is 3.11. The Balaban J connectivity index is 0.000000262. The third kappa shape index (κ3) is 15.9. The number of benzene rings is 2. The van der Waals surface area contributed by atoms with Crippen molar-refractivity contribution in [1.29, 1.82) is 0 Å². The number of aliphatic imine (C=N–C) groups is 2. The van der Waals surface area contributed by atoms with Gasteiger partial charge in [-0.15, -0.1) is 12.4 Å². The summed E-state index contributed by atoms with van der Waals surface area (Å²) < 4.78 is 10.8. The second kappa shape index (κ2) is 25.5. The Morgan fingerprint density at radius 3 is 1.47 bits per heavy atom. The molecule has 0 unspecified atom stereocenters. The Morgan fingerprint density at radius 2 is 1.06 bits per heavy atom. The van der Waals surface area contributed by atoms with Crippen LogP contribution in [0.1, 0.15) is 77.2 Å². The molecule has 2 aliphatic rings. The van der Waals surface area contributed by atoms with Crippen LogP contribution in [0.2, 0.25) is 0 Å². The lowest BCUT2D eigenvalue weighted by Gasteiger charge is -2.35. The summed E-state index contributed by atoms with van der Waals surface area (Å²) in [5.41, 5.74) is 6.37. The molecular formula is C54H67ClN14O8. The highest BCUT2D eigenvalue weighted by molar-refractivity contribution is 6.09. The zero-order valence-electron chi connectivity index (χ0n) is 44.7. The molecule has 8 rings (SSSR count). The number of rotatable bonds is 10. The second-order valence-corrected chi connectivity index (χ2v) is 20.2. The topological polar surface area (TPSA) is 271 Å². The first-order valence-electron chi connectivity index (χ1n) is 25.1. The van der Waals surface area contributed by atoms with E-state index in [1.165, 1.54) is 13.2 Å². The number of H-pyrrole nitrogens is 2. The van der Waals surface area contributed by atoms with Gasteiger partial charge < -0.3 is 44.8 Å². The van der Waals surface area contributed by atoms with Crippen molar-refractivity contribution >= 4 is 81.5 Å². The third-order valence-corrected chi connectivity index (χ3v) is 12.3. The molecule has 2 aliphatic heterocycles. The van der Waals surface area contributed by atoms with Gasteiger partial charge in [-0.25, -0.2) is 29.5 Å². The van der Waals surface area contributed by atoms with Gasteiger partial charge in [0.15, 0.2) is 5.84 Å². The molecule has 0 saturated carbocycles. The summed E-state index contributed by atoms with van der Waals surface area (Å²) in [6, 6.07) is 21.6. The zero-order chi connectivity index (χ0) is 54.7. The van der Waals surface area contributed by atoms with Gasteiger partial charge in [0.2, 0.25) is 11.8 Å². The first kappa shape index (κ1) is 58.0. The lowest BCUT2D eigenvalue weighted by Crippen LogP contribution is -2.49. The van der Waals surface area contributed by atoms with Crippen molar-refractivity contribution in [2.24, 2.45) is 15.7 Å². The Bertz CT molecular complexity index is 3230. The van der Waals surface area contributed by atoms with E-state index in [2.05, 4.69) is 49.7 Å². The first-order chi connectivity index (χ1) is 36.1. The quantitative estimate of drug-likeness (QED) is 0.113. The van der Waals surface area contributed by atoms with Crippen molar-refractivity contribution in [3.8, 4) is 0 Å². The molecule has 77 heavy (non-hydrogen) atoms. The van der Waals surface area contributed by atoms with E-state index in [1.807, 2.05) is 29.2 Å². The van der Waals surface area contributed by atoms with Crippen LogP contribution >= 0.6 is 12.4 Å². The highest BCUT2D eigenvalue weighted by atomic mass is 35.5. The maximum Gasteiger partial charge on any atom is 0.436 e. The molecule has 0 aliphatic carbocycles. The molecule has 23 heteroatoms. The number of para-hydroxylation sites is 2. The van der Waals surface area contributed by atoms with Gasteiger partial charge in [0.1, 0.15) is 40.3 Å². The van der Waals surface area contributed by atoms with E-state index < -0.39 is 23.4 Å². The van der Waals surface area contributed by atoms with Gasteiger partial charge >= 0.3 is 12.2 Å². The molecule has 2 aromatic carbocycles. The number of nitrogens with two attached hydrogens (primary N) is 1. The van der Waals surface area contributed by atoms with Gasteiger partial charge in [0.25, 0.3) is 11.1 Å². The molecule has 4 amide bonds. The van der Waals surface area contributed by atoms with Crippen LogP contribution < -0.4 is 26.7 Å². The Kier molecular flexibility index (Phi) is 19.2. The molecule has 0 bridgehead atoms. The van der Waals surface area contributed by atoms with Crippen LogP contribution in [0, 0.1) is 0 Å². The molecule has 6 heterocycles. The predicted molar refractivity (Wildman–Crippen MR) is 298 cm³/mol. The molecule has 4 N–H and O–H groups in total. The number of nitrogens with one attached hydrogen (secondary N) is 2. The van der Waals surface area contributed by atoms with Crippen molar-refractivity contribution < 1.29 is 28.7 Å². The molecule has 22 nitrogen and oxygen atoms in total. The van der Waals surface area contributed by atoms with Gasteiger partial charge in [-0.05, 0) is 90.1 Å². The average Bonchev–Trinajstić information content (AvgIpc) is 3.40. The molecule has 408 valence electrons. The normalized spacial score (nSPS) is 14.3. The van der Waals surface area contributed by atoms with Crippen LogP contribution in [0.15, 0.2) is 105 Å². The number of carbonyl (C=O) groups excluding carboxylic acids is 4. The molecular weight excluding hydrogens is 1010 g/mol. The molecule has 0 atom stereocenters. The maximum absolute atomic E-state index is 12.9. The van der Waals surface area contributed by atoms with Crippen LogP contribution in [0.25, 0.3) is 21.8 Å². The van der Waals surface area contributed by atoms with Crippen molar-refractivity contribution in [3.63, 3.8) is 0 Å². The molecule has 2 fully saturated rings. The Hall–Kier alpha value is -8.27. The van der Waals surface area contributed by atoms with Crippen molar-refractivity contribution in [2.45, 2.75) is 78.4 Å². The van der Waals surface area contributed by atoms with Gasteiger partial charge in [-0.3, -0.25) is 29.1 Å². The number of nitrogens with zero attached hydrogens (tertiary/aromatic N) is 11. The number of aryl methyl sites for hydroxylation is 2. The van der Waals surface area contributed by atoms with Gasteiger partial charge in [0, 0.05) is 116 Å². The van der Waals surface area contributed by atoms with E-state index in [0.717, 1.165) is 16.3 Å². The number of piperazine rings is 2. The molecule has 0 spiro atoms. The summed E-state index contributed by atoms with van der Waals surface area (Å²) in [6.45, 7) is 15.3. The highest BCUT2D eigenvalue weighted by Gasteiger charge is 2.28. The molecule has 0 radical (unpaired) electrons. The van der Waals surface area contributed by atoms with Crippen LogP contribution in [0.5, 0.6) is 0 Å². The summed E-state index contributed by atoms with van der Waals surface area (Å²) in [4.78, 5) is 116. The number of aromatic amines is 2. The lowest BCUT2D eigenvalue weighted by atomic mass is 10.2. The summed E-state index contributed by atoms with van der Waals surface area (Å²) in [5.74, 6) is 3.11. The first-order valence-corrected chi connectivity index (χ1v) is 25.1. The summed E-state index contributed by atoms with van der Waals surface area (Å²) in [5, 5.41) is 1.08. The number of aromatic nitrogens is 6. The van der Waals surface area contributed by atoms with E-state index in [9.17, 15) is 28.8 Å². The maximum atomic E-state index is 12.9. The number of hydrogen-bond donors (Lipinski definition) is 3. The Labute approximate surface area is 452 Å². The van der Waals surface area contributed by atoms with Gasteiger partial charge in [-0.2, -0.15) is 4.99 Å². The third-order valence-electron chi connectivity index (χ3n) is 12.3. The standard InChI is InChI=1S/C32H41N7O6.C22H25N7O2.ClH/c1-31(2,3)44-29(42)36-27(37(7)30(43)45-32(4,5)6)21-12-14-25(33-20-21)38-16-18-39(19-17-38)26(40)15-13-24-34-23-11-9-8-10-22(23)28(41)35-24;1-24-21(23)15-6-8-19(25-14-15)28-10-12-29(13-11-28)20(30)9-7-18-26-17-5-3-2-4-16(17)22(31)27-18;/h8-12,14,20H,13,15-19H2,1-7H3,(H,34,35,41);2-6,8,14H,7,9-13H2,1H3,(H2,23,24)(H,26,27,31);1H. The van der Waals surface area contributed by atoms with E-state index in [4.69, 9.17) is 15.2 Å². The minimum Gasteiger partial charge on any atom is -0.443 e. The average molecular weight is 1080 g/mol. The molecule has 2 saturated heterocycles. The molecule has 6 aromatic rings. The number of fused-ring (bicyclic) bond motifs is 2. The number of pyridine rings is 2. The number of amidine groups is 2. The lowest BCUT2D eigenvalue weighted by molar-refractivity contribution is -0.132. The Morgan fingerprint density at radius 1 is 0.636 bits per heavy atom. The minimum atomic E-state index is -0.847. The number of amides is 4. The number of ether oxygens (including phenoxy) is 2. The fourth-order valence-electron chi connectivity index (χ4n) is 8.32. The van der Waals surface area contributed by atoms with E-state index in [1.54, 1.807) is 108 Å². The fraction of sp³-hybridized carbons (Fsp3) is 0.407. The monoisotopic (exact) mass is 1070 g/mol. The van der Waals surface area contributed by atoms with Crippen LogP contribution in [0.4, 0.5) is 21.2 Å². The number of carbonyl (C=O) groups is 4. The summed E-state index contributed by atoms with van der Waals surface area (Å²) >= 11 is 0. The zero-order valence-corrected chi connectivity index (χ0v) is 45.6. The number of hydrogen-bond acceptors (Lipinski definition) is 15. The highest BCUT2D eigenvalue weighted by Crippen LogP contribution is 2.20. The smallest absolute Gasteiger partial charge is 0.436 e. The van der Waals surface area contributed by atoms with Crippen molar-refractivity contribution in [2.75, 3.05) is 76.3 Å². The summed E-state index contributed by atoms with van der Waals surface area (Å²) in [6.07, 6.45) is 3.01. The van der Waals surface area contributed by atoms with Crippen LogP contribution in [-0.2, 0) is 31.9 Å². The van der Waals surface area contributed by atoms with Crippen LogP contribution in [0.3, 0.4) is 0 Å². The van der Waals surface area contributed by atoms with Crippen molar-refractivity contribution in [1.82, 2.24) is 44.6 Å². The number of anilines is 2. The van der Waals surface area contributed by atoms with E-state index in [0.29, 0.717) is 122 Å². The van der Waals surface area contributed by atoms with E-state index >= 15 is 0 Å². The SMILES string of the molecule is CN(C(=O)OC(C)(C)C)C(=NC(=O)OC(C)(C)C)c1ccc(N2CCN(C(=O)CCc3nc4ccccc4c(=O)[nH]3)CC2)nc1.CN=C(N)c1ccc(N2CCN(C(=O)CCc3nc4ccccc4c(=O)[nH]3)CC2)nc1.Cl. The van der Waals surface area contributed by atoms with Crippen molar-refractivity contribution in [3.05, 3.63) is 129 Å². The minimum absolute atomic E-state index is 0. The number of halogens is 1. The predicted octanol–water partition coefficient (Wildman–Crippen LogP) is 5.50. The van der Waals surface area contributed by atoms with E-state index in [-0.39, 0.29) is 47.6 Å². The van der Waals surface area contributed by atoms with Gasteiger partial charge in [0.05, 0.1) is 21.8 Å². The molecule has 4 aromatic heterocycles. The van der Waals surface area contributed by atoms with Crippen LogP contribution in [-0.4, -0.2) is 158 Å². The van der Waals surface area contributed by atoms with Gasteiger partial charge in [-0.1, -0.05) is 24.3 Å². The second-order valence-electron chi connectivity index (χ2n) is 20.2.